The predicted molar refractivity (Wildman–Crippen MR) is 81.5 cm³/mol. The van der Waals surface area contributed by atoms with Gasteiger partial charge in [-0.1, -0.05) is 24.3 Å². The maximum Gasteiger partial charge on any atom is 0.344 e. The van der Waals surface area contributed by atoms with E-state index in [0.717, 1.165) is 15.6 Å². The third-order valence-electron chi connectivity index (χ3n) is 2.84. The zero-order valence-electron chi connectivity index (χ0n) is 11.3. The lowest BCUT2D eigenvalue weighted by Crippen LogP contribution is -2.08. The monoisotopic (exact) mass is 296 g/mol. The van der Waals surface area contributed by atoms with Crippen molar-refractivity contribution in [2.24, 2.45) is 0 Å². The van der Waals surface area contributed by atoms with Crippen LogP contribution in [0.5, 0.6) is 5.88 Å². The number of pyridine rings is 1. The number of aryl methyl sites for hydroxylation is 1. The highest BCUT2D eigenvalue weighted by Crippen LogP contribution is 2.30. The van der Waals surface area contributed by atoms with Crippen LogP contribution in [0.15, 0.2) is 54.7 Å². The molecule has 104 valence electrons. The summed E-state index contributed by atoms with van der Waals surface area (Å²) in [6.07, 6.45) is 1.71. The van der Waals surface area contributed by atoms with E-state index >= 15 is 0 Å². The van der Waals surface area contributed by atoms with Gasteiger partial charge in [0.05, 0.1) is 16.1 Å². The van der Waals surface area contributed by atoms with Crippen molar-refractivity contribution in [2.75, 3.05) is 0 Å². The summed E-state index contributed by atoms with van der Waals surface area (Å²) in [6.45, 7) is 1.87. The van der Waals surface area contributed by atoms with Crippen molar-refractivity contribution in [3.05, 3.63) is 65.2 Å². The van der Waals surface area contributed by atoms with Gasteiger partial charge in [-0.2, -0.15) is 4.98 Å². The molecule has 0 saturated heterocycles. The minimum absolute atomic E-state index is 0.342. The van der Waals surface area contributed by atoms with Crippen LogP contribution in [0.25, 0.3) is 10.7 Å². The molecule has 0 spiro atoms. The molecule has 0 N–H and O–H groups in total. The second-order valence-corrected chi connectivity index (χ2v) is 5.55. The molecule has 21 heavy (non-hydrogen) atoms. The lowest BCUT2D eigenvalue weighted by atomic mass is 10.2. The Hall–Kier alpha value is -2.53. The topological polar surface area (TPSA) is 52.1 Å². The predicted octanol–water partition coefficient (Wildman–Crippen LogP) is 3.73. The Morgan fingerprint density at radius 3 is 2.57 bits per heavy atom. The van der Waals surface area contributed by atoms with Gasteiger partial charge in [-0.05, 0) is 31.2 Å². The van der Waals surface area contributed by atoms with Crippen LogP contribution in [-0.2, 0) is 0 Å². The van der Waals surface area contributed by atoms with E-state index in [0.29, 0.717) is 11.4 Å². The first-order chi connectivity index (χ1) is 10.2. The summed E-state index contributed by atoms with van der Waals surface area (Å²) < 4.78 is 5.37. The van der Waals surface area contributed by atoms with Crippen LogP contribution >= 0.6 is 11.3 Å². The van der Waals surface area contributed by atoms with E-state index in [-0.39, 0.29) is 0 Å². The minimum atomic E-state index is -0.406. The molecule has 0 aliphatic rings. The molecule has 0 bridgehead atoms. The molecule has 0 saturated carbocycles. The van der Waals surface area contributed by atoms with Crippen LogP contribution in [0.3, 0.4) is 0 Å². The van der Waals surface area contributed by atoms with Crippen LogP contribution in [0, 0.1) is 6.92 Å². The fourth-order valence-corrected chi connectivity index (χ4v) is 2.62. The third-order valence-corrected chi connectivity index (χ3v) is 3.81. The van der Waals surface area contributed by atoms with Gasteiger partial charge in [-0.15, -0.1) is 11.3 Å². The number of thiazole rings is 1. The maximum atomic E-state index is 12.0. The summed E-state index contributed by atoms with van der Waals surface area (Å²) >= 11 is 1.45. The summed E-state index contributed by atoms with van der Waals surface area (Å²) in [6, 6.07) is 14.5. The molecule has 5 heteroatoms. The Bertz CT molecular complexity index is 754. The first-order valence-electron chi connectivity index (χ1n) is 6.40. The van der Waals surface area contributed by atoms with Crippen molar-refractivity contribution in [3.63, 3.8) is 0 Å². The Labute approximate surface area is 126 Å². The van der Waals surface area contributed by atoms with E-state index in [1.54, 1.807) is 30.5 Å². The zero-order chi connectivity index (χ0) is 14.7. The largest absolute Gasteiger partial charge is 0.403 e. The van der Waals surface area contributed by atoms with Crippen molar-refractivity contribution in [1.29, 1.82) is 0 Å². The highest BCUT2D eigenvalue weighted by molar-refractivity contribution is 7.15. The SMILES string of the molecule is Cc1sc(-c2ccccn2)nc1OC(=O)c1ccccc1. The molecule has 0 atom stereocenters. The highest BCUT2D eigenvalue weighted by atomic mass is 32.1. The van der Waals surface area contributed by atoms with Gasteiger partial charge in [0.25, 0.3) is 0 Å². The Balaban J connectivity index is 1.84. The number of aromatic nitrogens is 2. The fraction of sp³-hybridized carbons (Fsp3) is 0.0625. The molecule has 3 rings (SSSR count). The van der Waals surface area contributed by atoms with E-state index in [4.69, 9.17) is 4.74 Å². The molecule has 2 aromatic heterocycles. The summed E-state index contributed by atoms with van der Waals surface area (Å²) in [4.78, 5) is 21.5. The van der Waals surface area contributed by atoms with Gasteiger partial charge in [0.2, 0.25) is 5.88 Å². The van der Waals surface area contributed by atoms with Gasteiger partial charge in [0.15, 0.2) is 0 Å². The Morgan fingerprint density at radius 2 is 1.86 bits per heavy atom. The number of ether oxygens (including phenoxy) is 1. The van der Waals surface area contributed by atoms with E-state index in [1.807, 2.05) is 31.2 Å². The molecule has 2 heterocycles. The van der Waals surface area contributed by atoms with Gasteiger partial charge >= 0.3 is 5.97 Å². The number of hydrogen-bond acceptors (Lipinski definition) is 5. The average molecular weight is 296 g/mol. The van der Waals surface area contributed by atoms with Crippen molar-refractivity contribution >= 4 is 17.3 Å². The molecule has 0 amide bonds. The number of carbonyl (C=O) groups excluding carboxylic acids is 1. The highest BCUT2D eigenvalue weighted by Gasteiger charge is 2.15. The van der Waals surface area contributed by atoms with Crippen LogP contribution in [0.4, 0.5) is 0 Å². The number of rotatable bonds is 3. The van der Waals surface area contributed by atoms with Crippen molar-refractivity contribution in [1.82, 2.24) is 9.97 Å². The van der Waals surface area contributed by atoms with E-state index in [1.165, 1.54) is 11.3 Å². The minimum Gasteiger partial charge on any atom is -0.403 e. The molecule has 0 unspecified atom stereocenters. The number of benzene rings is 1. The summed E-state index contributed by atoms with van der Waals surface area (Å²) in [7, 11) is 0. The van der Waals surface area contributed by atoms with Crippen LogP contribution in [0.1, 0.15) is 15.2 Å². The second kappa shape index (κ2) is 5.85. The Morgan fingerprint density at radius 1 is 1.10 bits per heavy atom. The first-order valence-corrected chi connectivity index (χ1v) is 7.22. The van der Waals surface area contributed by atoms with Crippen molar-refractivity contribution in [2.45, 2.75) is 6.92 Å². The van der Waals surface area contributed by atoms with Gasteiger partial charge in [-0.3, -0.25) is 4.98 Å². The quantitative estimate of drug-likeness (QED) is 0.691. The van der Waals surface area contributed by atoms with E-state index in [2.05, 4.69) is 9.97 Å². The van der Waals surface area contributed by atoms with Crippen molar-refractivity contribution < 1.29 is 9.53 Å². The van der Waals surface area contributed by atoms with Gasteiger partial charge in [-0.25, -0.2) is 4.79 Å². The summed E-state index contributed by atoms with van der Waals surface area (Å²) in [5.41, 5.74) is 1.27. The van der Waals surface area contributed by atoms with Crippen LogP contribution < -0.4 is 4.74 Å². The maximum absolute atomic E-state index is 12.0. The summed E-state index contributed by atoms with van der Waals surface area (Å²) in [5.74, 6) is -0.0638. The molecule has 1 aromatic carbocycles. The van der Waals surface area contributed by atoms with Crippen LogP contribution in [-0.4, -0.2) is 15.9 Å². The van der Waals surface area contributed by atoms with Gasteiger partial charge in [0.1, 0.15) is 5.01 Å². The molecular formula is C16H12N2O2S. The molecule has 0 aliphatic heterocycles. The standard InChI is InChI=1S/C16H12N2O2S/c1-11-14(20-16(19)12-7-3-2-4-8-12)18-15(21-11)13-9-5-6-10-17-13/h2-10H,1H3. The average Bonchev–Trinajstić information content (AvgIpc) is 2.90. The molecule has 3 aromatic rings. The number of hydrogen-bond donors (Lipinski definition) is 0. The lowest BCUT2D eigenvalue weighted by Gasteiger charge is -2.01. The third kappa shape index (κ3) is 2.98. The number of nitrogens with zero attached hydrogens (tertiary/aromatic N) is 2. The Kier molecular flexibility index (Phi) is 3.75. The number of esters is 1. The summed E-state index contributed by atoms with van der Waals surface area (Å²) in [5, 5.41) is 0.740. The van der Waals surface area contributed by atoms with E-state index < -0.39 is 5.97 Å². The van der Waals surface area contributed by atoms with Gasteiger partial charge in [0, 0.05) is 6.20 Å². The molecular weight excluding hydrogens is 284 g/mol. The van der Waals surface area contributed by atoms with E-state index in [9.17, 15) is 4.79 Å². The molecule has 4 nitrogen and oxygen atoms in total. The van der Waals surface area contributed by atoms with Crippen molar-refractivity contribution in [3.8, 4) is 16.6 Å². The lowest BCUT2D eigenvalue weighted by molar-refractivity contribution is 0.0727. The fourth-order valence-electron chi connectivity index (χ4n) is 1.80. The number of carbonyl (C=O) groups is 1. The molecule has 0 aliphatic carbocycles. The normalized spacial score (nSPS) is 10.3. The van der Waals surface area contributed by atoms with Crippen LogP contribution in [0.2, 0.25) is 0 Å². The molecule has 0 radical (unpaired) electrons. The second-order valence-electron chi connectivity index (χ2n) is 4.35. The van der Waals surface area contributed by atoms with Gasteiger partial charge < -0.3 is 4.74 Å². The molecule has 0 fully saturated rings. The smallest absolute Gasteiger partial charge is 0.344 e. The zero-order valence-corrected chi connectivity index (χ0v) is 12.1. The first kappa shape index (κ1) is 13.5.